The monoisotopic (exact) mass is 752 g/mol. The number of nitrogens with zero attached hydrogens (tertiary/aromatic N) is 7. The van der Waals surface area contributed by atoms with Crippen LogP contribution in [0.3, 0.4) is 0 Å². The lowest BCUT2D eigenvalue weighted by molar-refractivity contribution is 0.129. The molecular weight excluding hydrogens is 707 g/mol. The second-order valence-electron chi connectivity index (χ2n) is 14.8. The number of likely N-dealkylation sites (tertiary alicyclic amines) is 1. The highest BCUT2D eigenvalue weighted by Crippen LogP contribution is 2.37. The number of hydrogen-bond donors (Lipinski definition) is 2. The maximum absolute atomic E-state index is 13.4. The number of benzene rings is 3. The Labute approximate surface area is 319 Å². The molecule has 2 fully saturated rings. The number of piperidine rings is 1. The van der Waals surface area contributed by atoms with Gasteiger partial charge < -0.3 is 29.6 Å². The van der Waals surface area contributed by atoms with Gasteiger partial charge in [-0.2, -0.15) is 0 Å². The first-order chi connectivity index (χ1) is 26.2. The first kappa shape index (κ1) is 36.4. The van der Waals surface area contributed by atoms with Gasteiger partial charge in [0, 0.05) is 84.2 Å². The number of aliphatic hydroxyl groups is 1. The summed E-state index contributed by atoms with van der Waals surface area (Å²) < 4.78 is 20.4. The number of piperazine rings is 1. The minimum Gasteiger partial charge on any atom is -0.385 e. The smallest absolute Gasteiger partial charge is 0.257 e. The normalized spacial score (nSPS) is 19.2. The molecule has 9 rings (SSSR count). The van der Waals surface area contributed by atoms with E-state index in [0.29, 0.717) is 41.7 Å². The van der Waals surface area contributed by atoms with Crippen LogP contribution in [0.5, 0.6) is 0 Å². The lowest BCUT2D eigenvalue weighted by Crippen LogP contribution is -2.47. The summed E-state index contributed by atoms with van der Waals surface area (Å²) in [6, 6.07) is 18.7. The van der Waals surface area contributed by atoms with Crippen LogP contribution in [0.15, 0.2) is 75.0 Å². The zero-order valence-electron chi connectivity index (χ0n) is 30.8. The third-order valence-corrected chi connectivity index (χ3v) is 11.4. The molecule has 0 saturated carbocycles. The van der Waals surface area contributed by atoms with Gasteiger partial charge in [-0.1, -0.05) is 28.9 Å². The van der Waals surface area contributed by atoms with E-state index >= 15 is 0 Å². The van der Waals surface area contributed by atoms with E-state index in [1.807, 2.05) is 31.2 Å². The van der Waals surface area contributed by atoms with Crippen molar-refractivity contribution in [2.24, 2.45) is 4.99 Å². The Morgan fingerprint density at radius 1 is 0.963 bits per heavy atom. The fourth-order valence-electron chi connectivity index (χ4n) is 8.05. The molecule has 54 heavy (non-hydrogen) atoms. The molecule has 5 aromatic rings. The fraction of sp³-hybridized carbons (Fsp3) is 0.415. The Hall–Kier alpha value is -4.62. The van der Waals surface area contributed by atoms with Gasteiger partial charge in [0.2, 0.25) is 0 Å². The van der Waals surface area contributed by atoms with Gasteiger partial charge in [0.15, 0.2) is 5.58 Å². The average Bonchev–Trinajstić information content (AvgIpc) is 3.52. The van der Waals surface area contributed by atoms with Gasteiger partial charge in [-0.15, -0.1) is 0 Å². The van der Waals surface area contributed by atoms with Crippen LogP contribution in [-0.4, -0.2) is 93.2 Å². The molecule has 4 aliphatic heterocycles. The summed E-state index contributed by atoms with van der Waals surface area (Å²) in [7, 11) is 2.16. The highest BCUT2D eigenvalue weighted by Gasteiger charge is 2.28. The van der Waals surface area contributed by atoms with Crippen molar-refractivity contribution in [1.82, 2.24) is 29.4 Å². The van der Waals surface area contributed by atoms with E-state index in [2.05, 4.69) is 55.4 Å². The number of likely N-dealkylation sites (N-methyl/N-ethyl adjacent to an activating group) is 1. The van der Waals surface area contributed by atoms with E-state index in [9.17, 15) is 14.3 Å². The van der Waals surface area contributed by atoms with E-state index in [4.69, 9.17) is 21.1 Å². The van der Waals surface area contributed by atoms with Crippen molar-refractivity contribution in [3.8, 4) is 0 Å². The second-order valence-corrected chi connectivity index (χ2v) is 15.2. The molecule has 0 radical (unpaired) electrons. The number of fused-ring (bicyclic) bond motifs is 4. The SMILES string of the molecule is CN1CCN(C2=Nc3cc(Cl)ccc3Nc3ccccc32)CC1.Cc1nc2n(c(=O)c1CCN1CCC(c3noc4cc(F)ccc34)CC1)CCC[C@H]2O. The van der Waals surface area contributed by atoms with Crippen LogP contribution in [-0.2, 0) is 13.0 Å². The van der Waals surface area contributed by atoms with Gasteiger partial charge in [-0.3, -0.25) is 9.36 Å². The van der Waals surface area contributed by atoms with E-state index < -0.39 is 6.10 Å². The minimum atomic E-state index is -0.641. The maximum Gasteiger partial charge on any atom is 0.257 e. The van der Waals surface area contributed by atoms with Crippen LogP contribution in [0.25, 0.3) is 11.0 Å². The van der Waals surface area contributed by atoms with Crippen molar-refractivity contribution in [3.05, 3.63) is 110 Å². The standard InChI is InChI=1S/C23H27FN4O3.C18H19ClN4/c1-14-17(23(30)28-9-2-3-19(29)22(28)25-14)8-12-27-10-6-15(7-11-27)21-18-5-4-16(24)13-20(18)31-26-21;1-22-8-10-23(11-9-22)18-14-4-2-3-5-15(14)20-16-7-6-13(19)12-17(16)21-18/h4-5,13,15,19,29H,2-3,6-12H2,1H3;2-7,12,20H,8-11H2,1H3/t19-;/m1./s1. The number of aliphatic imine (C=N–C) groups is 1. The maximum atomic E-state index is 13.4. The van der Waals surface area contributed by atoms with Gasteiger partial charge in [0.1, 0.15) is 23.6 Å². The summed E-state index contributed by atoms with van der Waals surface area (Å²) in [5.41, 5.74) is 7.01. The zero-order chi connectivity index (χ0) is 37.3. The van der Waals surface area contributed by atoms with E-state index in [-0.39, 0.29) is 11.4 Å². The summed E-state index contributed by atoms with van der Waals surface area (Å²) in [6.45, 7) is 9.20. The van der Waals surface area contributed by atoms with Crippen LogP contribution in [0.4, 0.5) is 21.5 Å². The molecule has 2 aromatic heterocycles. The molecule has 0 bridgehead atoms. The molecule has 0 unspecified atom stereocenters. The minimum absolute atomic E-state index is 0.00237. The molecule has 3 aromatic carbocycles. The number of nitrogens with one attached hydrogen (secondary N) is 1. The molecule has 0 aliphatic carbocycles. The lowest BCUT2D eigenvalue weighted by Gasteiger charge is -2.34. The van der Waals surface area contributed by atoms with Crippen molar-refractivity contribution < 1.29 is 14.0 Å². The fourth-order valence-corrected chi connectivity index (χ4v) is 8.21. The quantitative estimate of drug-likeness (QED) is 0.205. The molecule has 6 heterocycles. The predicted molar refractivity (Wildman–Crippen MR) is 210 cm³/mol. The highest BCUT2D eigenvalue weighted by molar-refractivity contribution is 6.31. The van der Waals surface area contributed by atoms with Crippen LogP contribution >= 0.6 is 11.6 Å². The van der Waals surface area contributed by atoms with Crippen LogP contribution in [0.2, 0.25) is 5.02 Å². The van der Waals surface area contributed by atoms with Crippen LogP contribution in [0, 0.1) is 12.7 Å². The number of halogens is 2. The van der Waals surface area contributed by atoms with E-state index in [1.165, 1.54) is 12.1 Å². The van der Waals surface area contributed by atoms with Crippen molar-refractivity contribution in [1.29, 1.82) is 0 Å². The molecule has 0 spiro atoms. The second kappa shape index (κ2) is 15.6. The summed E-state index contributed by atoms with van der Waals surface area (Å²) in [4.78, 5) is 29.6. The number of hydrogen-bond acceptors (Lipinski definition) is 10. The van der Waals surface area contributed by atoms with Gasteiger partial charge in [0.25, 0.3) is 5.56 Å². The van der Waals surface area contributed by atoms with Crippen LogP contribution < -0.4 is 10.9 Å². The van der Waals surface area contributed by atoms with E-state index in [0.717, 1.165) is 116 Å². The first-order valence-corrected chi connectivity index (χ1v) is 19.3. The Balaban J connectivity index is 0.000000160. The largest absolute Gasteiger partial charge is 0.385 e. The number of aryl methyl sites for hydroxylation is 1. The summed E-state index contributed by atoms with van der Waals surface area (Å²) in [5.74, 6) is 1.52. The molecule has 2 N–H and O–H groups in total. The molecule has 0 amide bonds. The average molecular weight is 753 g/mol. The molecule has 13 heteroatoms. The van der Waals surface area contributed by atoms with Gasteiger partial charge in [-0.25, -0.2) is 14.4 Å². The van der Waals surface area contributed by atoms with Gasteiger partial charge in [0.05, 0.1) is 17.1 Å². The first-order valence-electron chi connectivity index (χ1n) is 19.0. The number of aromatic nitrogens is 3. The molecule has 282 valence electrons. The Morgan fingerprint density at radius 3 is 2.57 bits per heavy atom. The number of para-hydroxylation sites is 1. The highest BCUT2D eigenvalue weighted by atomic mass is 35.5. The molecular formula is C41H46ClFN8O3. The zero-order valence-corrected chi connectivity index (χ0v) is 31.5. The summed E-state index contributed by atoms with van der Waals surface area (Å²) >= 11 is 6.18. The summed E-state index contributed by atoms with van der Waals surface area (Å²) in [6.07, 6.45) is 3.38. The Morgan fingerprint density at radius 2 is 1.76 bits per heavy atom. The molecule has 11 nitrogen and oxygen atoms in total. The van der Waals surface area contributed by atoms with Gasteiger partial charge >= 0.3 is 0 Å². The third kappa shape index (κ3) is 7.52. The number of aliphatic hydroxyl groups excluding tert-OH is 1. The molecule has 1 atom stereocenters. The van der Waals surface area contributed by atoms with Crippen molar-refractivity contribution >= 4 is 45.5 Å². The van der Waals surface area contributed by atoms with Crippen molar-refractivity contribution in [3.63, 3.8) is 0 Å². The number of anilines is 2. The Kier molecular flexibility index (Phi) is 10.5. The molecule has 2 saturated heterocycles. The number of rotatable bonds is 4. The number of amidine groups is 1. The van der Waals surface area contributed by atoms with Crippen molar-refractivity contribution in [2.45, 2.75) is 57.6 Å². The van der Waals surface area contributed by atoms with Crippen molar-refractivity contribution in [2.75, 3.05) is 58.2 Å². The lowest BCUT2D eigenvalue weighted by atomic mass is 9.91. The topological polar surface area (TPSA) is 115 Å². The van der Waals surface area contributed by atoms with Crippen LogP contribution in [0.1, 0.15) is 66.0 Å². The Bertz CT molecular complexity index is 2240. The third-order valence-electron chi connectivity index (χ3n) is 11.2. The van der Waals surface area contributed by atoms with Gasteiger partial charge in [-0.05, 0) is 102 Å². The predicted octanol–water partition coefficient (Wildman–Crippen LogP) is 6.80. The molecule has 4 aliphatic rings. The van der Waals surface area contributed by atoms with E-state index in [1.54, 1.807) is 10.6 Å². The summed E-state index contributed by atoms with van der Waals surface area (Å²) in [5, 5.41) is 19.5.